The molecule has 6 nitrogen and oxygen atoms in total. The summed E-state index contributed by atoms with van der Waals surface area (Å²) in [6, 6.07) is 5.81. The fourth-order valence-corrected chi connectivity index (χ4v) is 4.59. The topological polar surface area (TPSA) is 53.1 Å². The van der Waals surface area contributed by atoms with E-state index in [1.807, 2.05) is 31.1 Å². The maximum Gasteiger partial charge on any atom is 0.265 e. The minimum absolute atomic E-state index is 0.0208. The molecule has 1 aromatic rings. The summed E-state index contributed by atoms with van der Waals surface area (Å²) in [6.07, 6.45) is 2.08. The molecule has 0 unspecified atom stereocenters. The van der Waals surface area contributed by atoms with Crippen molar-refractivity contribution in [1.82, 2.24) is 9.80 Å². The van der Waals surface area contributed by atoms with E-state index in [4.69, 9.17) is 4.74 Å². The highest BCUT2D eigenvalue weighted by atomic mass is 79.9. The zero-order chi connectivity index (χ0) is 18.1. The van der Waals surface area contributed by atoms with E-state index in [0.29, 0.717) is 35.8 Å². The number of likely N-dealkylation sites (N-methyl/N-ethyl adjacent to an activating group) is 1. The number of thioether (sulfide) groups is 1. The summed E-state index contributed by atoms with van der Waals surface area (Å²) in [4.78, 5) is 30.7. The first-order valence-corrected chi connectivity index (χ1v) is 10.2. The first-order valence-electron chi connectivity index (χ1n) is 8.10. The molecule has 2 aliphatic rings. The molecule has 136 valence electrons. The van der Waals surface area contributed by atoms with Crippen molar-refractivity contribution in [2.24, 2.45) is 0 Å². The van der Waals surface area contributed by atoms with E-state index in [1.54, 1.807) is 17.8 Å². The minimum Gasteiger partial charge on any atom is -0.482 e. The summed E-state index contributed by atoms with van der Waals surface area (Å²) >= 11 is 5.18. The molecule has 0 saturated carbocycles. The van der Waals surface area contributed by atoms with Crippen molar-refractivity contribution in [2.75, 3.05) is 51.5 Å². The summed E-state index contributed by atoms with van der Waals surface area (Å²) in [5.41, 5.74) is 0.651. The molecular formula is C17H22BrN3O3S. The Bertz CT molecular complexity index is 685. The second kappa shape index (κ2) is 7.55. The zero-order valence-corrected chi connectivity index (χ0v) is 17.0. The van der Waals surface area contributed by atoms with Gasteiger partial charge < -0.3 is 14.5 Å². The van der Waals surface area contributed by atoms with E-state index in [-0.39, 0.29) is 25.0 Å². The maximum absolute atomic E-state index is 12.8. The highest BCUT2D eigenvalue weighted by Crippen LogP contribution is 2.34. The van der Waals surface area contributed by atoms with E-state index in [9.17, 15) is 9.59 Å². The van der Waals surface area contributed by atoms with E-state index < -0.39 is 0 Å². The number of hydrogen-bond acceptors (Lipinski definition) is 5. The number of hydrogen-bond donors (Lipinski definition) is 0. The lowest BCUT2D eigenvalue weighted by Crippen LogP contribution is -2.46. The van der Waals surface area contributed by atoms with Crippen LogP contribution in [0.2, 0.25) is 0 Å². The van der Waals surface area contributed by atoms with Crippen molar-refractivity contribution >= 4 is 45.2 Å². The summed E-state index contributed by atoms with van der Waals surface area (Å²) in [6.45, 7) is 1.43. The zero-order valence-electron chi connectivity index (χ0n) is 14.6. The average Bonchev–Trinajstić information content (AvgIpc) is 3.02. The molecule has 1 fully saturated rings. The van der Waals surface area contributed by atoms with Crippen LogP contribution in [0.4, 0.5) is 5.69 Å². The van der Waals surface area contributed by atoms with Crippen molar-refractivity contribution in [1.29, 1.82) is 0 Å². The van der Waals surface area contributed by atoms with Crippen LogP contribution in [0.3, 0.4) is 0 Å². The Labute approximate surface area is 160 Å². The summed E-state index contributed by atoms with van der Waals surface area (Å²) in [5, 5.41) is 0.391. The second-order valence-electron chi connectivity index (χ2n) is 6.48. The van der Waals surface area contributed by atoms with Gasteiger partial charge in [0.05, 0.1) is 5.69 Å². The number of ether oxygens (including phenoxy) is 1. The molecular weight excluding hydrogens is 406 g/mol. The van der Waals surface area contributed by atoms with E-state index in [0.717, 1.165) is 4.47 Å². The van der Waals surface area contributed by atoms with Crippen LogP contribution in [0.1, 0.15) is 0 Å². The summed E-state index contributed by atoms with van der Waals surface area (Å²) < 4.78 is 6.36. The Morgan fingerprint density at radius 1 is 1.40 bits per heavy atom. The van der Waals surface area contributed by atoms with Gasteiger partial charge in [-0.2, -0.15) is 11.8 Å². The molecule has 25 heavy (non-hydrogen) atoms. The number of carbonyl (C=O) groups is 2. The van der Waals surface area contributed by atoms with Crippen LogP contribution in [0, 0.1) is 0 Å². The van der Waals surface area contributed by atoms with Crippen molar-refractivity contribution in [3.63, 3.8) is 0 Å². The molecule has 2 heterocycles. The quantitative estimate of drug-likeness (QED) is 0.731. The van der Waals surface area contributed by atoms with Gasteiger partial charge in [-0.1, -0.05) is 15.9 Å². The van der Waals surface area contributed by atoms with Gasteiger partial charge in [0.1, 0.15) is 12.3 Å². The lowest BCUT2D eigenvalue weighted by molar-refractivity contribution is -0.131. The number of halogens is 1. The standard InChI is InChI=1S/C17H22BrN3O3S/c1-19(2)13-7-20(8-15(13)25-3)16(22)9-21-12-5-4-11(18)6-14(12)24-10-17(21)23/h4-6,13,15H,7-10H2,1-3H3/t13-,15+/m0/s1. The summed E-state index contributed by atoms with van der Waals surface area (Å²) in [5.74, 6) is 0.414. The normalized spacial score (nSPS) is 23.0. The third kappa shape index (κ3) is 3.80. The number of carbonyl (C=O) groups excluding carboxylic acids is 2. The Morgan fingerprint density at radius 2 is 2.16 bits per heavy atom. The number of fused-ring (bicyclic) bond motifs is 1. The molecule has 0 N–H and O–H groups in total. The molecule has 1 saturated heterocycles. The van der Waals surface area contributed by atoms with Crippen LogP contribution in [-0.4, -0.2) is 79.5 Å². The third-order valence-electron chi connectivity index (χ3n) is 4.71. The SMILES string of the molecule is CS[C@@H]1CN(C(=O)CN2C(=O)COc3cc(Br)ccc32)C[C@@H]1N(C)C. The second-order valence-corrected chi connectivity index (χ2v) is 8.48. The fourth-order valence-electron chi connectivity index (χ4n) is 3.27. The molecule has 2 amide bonds. The van der Waals surface area contributed by atoms with Crippen molar-refractivity contribution < 1.29 is 14.3 Å². The van der Waals surface area contributed by atoms with Gasteiger partial charge in [0.25, 0.3) is 5.91 Å². The van der Waals surface area contributed by atoms with Gasteiger partial charge in [-0.15, -0.1) is 0 Å². The molecule has 0 radical (unpaired) electrons. The monoisotopic (exact) mass is 427 g/mol. The lowest BCUT2D eigenvalue weighted by atomic mass is 10.2. The van der Waals surface area contributed by atoms with Crippen LogP contribution >= 0.6 is 27.7 Å². The maximum atomic E-state index is 12.8. The number of likely N-dealkylation sites (tertiary alicyclic amines) is 1. The van der Waals surface area contributed by atoms with Crippen LogP contribution in [0.15, 0.2) is 22.7 Å². The van der Waals surface area contributed by atoms with E-state index in [1.165, 1.54) is 4.90 Å². The van der Waals surface area contributed by atoms with Gasteiger partial charge in [-0.3, -0.25) is 14.5 Å². The lowest BCUT2D eigenvalue weighted by Gasteiger charge is -2.30. The third-order valence-corrected chi connectivity index (χ3v) is 6.28. The first kappa shape index (κ1) is 18.5. The predicted octanol–water partition coefficient (Wildman–Crippen LogP) is 1.68. The number of benzene rings is 1. The number of amides is 2. The van der Waals surface area contributed by atoms with Gasteiger partial charge in [0, 0.05) is 28.9 Å². The predicted molar refractivity (Wildman–Crippen MR) is 103 cm³/mol. The van der Waals surface area contributed by atoms with Crippen molar-refractivity contribution in [3.05, 3.63) is 22.7 Å². The Morgan fingerprint density at radius 3 is 2.80 bits per heavy atom. The van der Waals surface area contributed by atoms with Crippen LogP contribution in [-0.2, 0) is 9.59 Å². The molecule has 0 spiro atoms. The molecule has 0 bridgehead atoms. The molecule has 0 aliphatic carbocycles. The molecule has 3 rings (SSSR count). The molecule has 2 atom stereocenters. The first-order chi connectivity index (χ1) is 11.9. The Hall–Kier alpha value is -1.25. The van der Waals surface area contributed by atoms with Crippen LogP contribution in [0.5, 0.6) is 5.75 Å². The van der Waals surface area contributed by atoms with E-state index in [2.05, 4.69) is 27.1 Å². The van der Waals surface area contributed by atoms with Crippen LogP contribution in [0.25, 0.3) is 0 Å². The smallest absolute Gasteiger partial charge is 0.265 e. The highest BCUT2D eigenvalue weighted by molar-refractivity contribution is 9.10. The Balaban J connectivity index is 1.74. The van der Waals surface area contributed by atoms with Crippen molar-refractivity contribution in [3.8, 4) is 5.75 Å². The van der Waals surface area contributed by atoms with Crippen molar-refractivity contribution in [2.45, 2.75) is 11.3 Å². The van der Waals surface area contributed by atoms with Gasteiger partial charge in [-0.25, -0.2) is 0 Å². The van der Waals surface area contributed by atoms with Gasteiger partial charge in [-0.05, 0) is 38.6 Å². The molecule has 0 aromatic heterocycles. The largest absolute Gasteiger partial charge is 0.482 e. The van der Waals surface area contributed by atoms with Gasteiger partial charge >= 0.3 is 0 Å². The molecule has 1 aromatic carbocycles. The van der Waals surface area contributed by atoms with Gasteiger partial charge in [0.2, 0.25) is 5.91 Å². The van der Waals surface area contributed by atoms with E-state index >= 15 is 0 Å². The number of nitrogens with zero attached hydrogens (tertiary/aromatic N) is 3. The average molecular weight is 428 g/mol. The molecule has 2 aliphatic heterocycles. The highest BCUT2D eigenvalue weighted by Gasteiger charge is 2.37. The number of anilines is 1. The van der Waals surface area contributed by atoms with Gasteiger partial charge in [0.15, 0.2) is 6.61 Å². The fraction of sp³-hybridized carbons (Fsp3) is 0.529. The molecule has 8 heteroatoms. The summed E-state index contributed by atoms with van der Waals surface area (Å²) in [7, 11) is 4.09. The number of rotatable bonds is 4. The Kier molecular flexibility index (Phi) is 5.60. The van der Waals surface area contributed by atoms with Crippen LogP contribution < -0.4 is 9.64 Å². The minimum atomic E-state index is -0.187.